The van der Waals surface area contributed by atoms with E-state index in [9.17, 15) is 51.5 Å². The number of methoxy groups -OCH3 is 4. The molecule has 95 heavy (non-hydrogen) atoms. The number of anilines is 4. The Morgan fingerprint density at radius 1 is 0.589 bits per heavy atom. The van der Waals surface area contributed by atoms with Crippen LogP contribution in [0.25, 0.3) is 45.0 Å². The number of carbonyl (C=O) groups excluding carboxylic acids is 6. The van der Waals surface area contributed by atoms with Crippen LogP contribution in [0.3, 0.4) is 0 Å². The molecule has 3 aromatic carbocycles. The molecule has 6 aromatic heterocycles. The third kappa shape index (κ3) is 12.0. The van der Waals surface area contributed by atoms with E-state index >= 15 is 0 Å². The SMILES string of the molecule is COC(=O)NC1(C)C(=O)Nc2nc(-c3cc(OC)n(Cc4ccccc4F)n3)[nH]c(=O)c21.COc1cc(-c2nc(N)c3c(n2)NC(=O)C3(C)C(=O)NN)nn1Cc1ccccc1F.COc1cc(-c2nc3c(c(=O)[nH]2)C(C)(C(=O)N=[N+]=[N-])C(=O)N3)nn1Cc1ccccc1F. The van der Waals surface area contributed by atoms with Crippen molar-refractivity contribution in [3.63, 3.8) is 0 Å². The zero-order valence-corrected chi connectivity index (χ0v) is 50.8. The number of hydrogen-bond donors (Lipinski definition) is 9. The van der Waals surface area contributed by atoms with Crippen molar-refractivity contribution in [3.05, 3.63) is 173 Å². The Morgan fingerprint density at radius 2 is 1.00 bits per heavy atom. The van der Waals surface area contributed by atoms with E-state index in [0.717, 1.165) is 7.11 Å². The standard InChI is InChI=1S/C20H19FN6O5.C19H15FN8O4.C19H19FN8O3/c1-20(25-19(30)32-3)14-16(24-18(20)29)22-15(23-17(14)28)12-8-13(31-2)27(26-12)9-10-6-4-5-7-11(10)21;1-19(18(31)25-27-21)13-15(24-17(19)30)22-14(23-16(13)29)11-7-12(32-2)28(26-11)8-9-5-3-4-6-10(9)20;1-19(18(30)26-22)13-14(21)23-15(24-16(13)25-17(19)29)11-7-12(31-2)28(27-11)8-9-5-3-4-6-10(9)20/h4-8H,9H2,1-3H3,(H,25,30)(H2,22,23,24,28,29);3-7H,8H2,1-2H3,(H2,22,23,24,29,30);3-7H,8,22H2,1-2H3,(H,26,30)(H3,21,23,24,25,29). The number of hydrogen-bond acceptors (Lipinski definition) is 21. The summed E-state index contributed by atoms with van der Waals surface area (Å²) in [7, 11) is 5.43. The van der Waals surface area contributed by atoms with Crippen LogP contribution in [-0.4, -0.2) is 123 Å². The number of alkyl carbamates (subject to hydrolysis) is 1. The van der Waals surface area contributed by atoms with Gasteiger partial charge in [-0.15, -0.1) is 0 Å². The molecule has 0 radical (unpaired) electrons. The Balaban J connectivity index is 0.000000155. The van der Waals surface area contributed by atoms with Gasteiger partial charge < -0.3 is 55.9 Å². The van der Waals surface area contributed by atoms with Crippen LogP contribution in [0.1, 0.15) is 54.2 Å². The first-order valence-corrected chi connectivity index (χ1v) is 27.8. The van der Waals surface area contributed by atoms with Gasteiger partial charge >= 0.3 is 6.09 Å². The number of H-pyrrole nitrogens is 2. The molecule has 3 aliphatic heterocycles. The number of rotatable bonds is 15. The average molecular weight is 1310 g/mol. The number of halogens is 3. The molecule has 0 saturated carbocycles. The molecule has 0 bridgehead atoms. The summed E-state index contributed by atoms with van der Waals surface area (Å²) >= 11 is 0. The van der Waals surface area contributed by atoms with Gasteiger partial charge in [-0.1, -0.05) is 54.6 Å². The van der Waals surface area contributed by atoms with Gasteiger partial charge in [-0.3, -0.25) is 39.0 Å². The van der Waals surface area contributed by atoms with Gasteiger partial charge in [0.05, 0.1) is 64.8 Å². The monoisotopic (exact) mass is 1310 g/mol. The largest absolute Gasteiger partial charge is 0.481 e. The Morgan fingerprint density at radius 3 is 1.44 bits per heavy atom. The van der Waals surface area contributed by atoms with Gasteiger partial charge in [0.2, 0.25) is 35.4 Å². The number of aromatic amines is 2. The second-order valence-corrected chi connectivity index (χ2v) is 21.2. The first-order valence-electron chi connectivity index (χ1n) is 27.8. The highest BCUT2D eigenvalue weighted by molar-refractivity contribution is 6.21. The number of azide groups is 1. The summed E-state index contributed by atoms with van der Waals surface area (Å²) in [4.78, 5) is 124. The molecule has 3 aliphatic rings. The van der Waals surface area contributed by atoms with Crippen LogP contribution in [0.15, 0.2) is 106 Å². The number of hydrazine groups is 1. The van der Waals surface area contributed by atoms with Crippen LogP contribution >= 0.6 is 0 Å². The summed E-state index contributed by atoms with van der Waals surface area (Å²) in [5, 5.41) is 25.8. The normalized spacial score (nSPS) is 17.0. The minimum Gasteiger partial charge on any atom is -0.481 e. The summed E-state index contributed by atoms with van der Waals surface area (Å²) in [5.41, 5.74) is 11.5. The number of nitrogen functional groups attached to an aromatic ring is 1. The predicted molar refractivity (Wildman–Crippen MR) is 326 cm³/mol. The zero-order valence-electron chi connectivity index (χ0n) is 50.8. The highest BCUT2D eigenvalue weighted by Crippen LogP contribution is 2.42. The molecule has 0 spiro atoms. The third-order valence-electron chi connectivity index (χ3n) is 15.4. The molecule has 34 nitrogen and oxygen atoms in total. The Hall–Kier alpha value is -12.8. The molecule has 9 aromatic rings. The third-order valence-corrected chi connectivity index (χ3v) is 15.4. The minimum absolute atomic E-state index is 0.0138. The van der Waals surface area contributed by atoms with Crippen molar-refractivity contribution < 1.29 is 60.9 Å². The maximum Gasteiger partial charge on any atom is 0.407 e. The van der Waals surface area contributed by atoms with Crippen LogP contribution in [0.5, 0.6) is 17.6 Å². The molecule has 0 saturated heterocycles. The van der Waals surface area contributed by atoms with Crippen molar-refractivity contribution >= 4 is 58.9 Å². The van der Waals surface area contributed by atoms with Crippen LogP contribution in [0, 0.1) is 17.5 Å². The van der Waals surface area contributed by atoms with Crippen molar-refractivity contribution in [1.82, 2.24) is 70.0 Å². The molecule has 11 N–H and O–H groups in total. The maximum atomic E-state index is 14.0. The molecular formula is C58H53F3N22O12. The number of nitrogens with one attached hydrogen (secondary N) is 7. The van der Waals surface area contributed by atoms with E-state index in [1.54, 1.807) is 60.7 Å². The molecule has 3 atom stereocenters. The molecular weight excluding hydrogens is 1250 g/mol. The van der Waals surface area contributed by atoms with Gasteiger partial charge in [0.1, 0.15) is 63.2 Å². The molecule has 6 amide bonds. The van der Waals surface area contributed by atoms with Gasteiger partial charge in [0.25, 0.3) is 22.9 Å². The number of carbonyl (C=O) groups is 6. The van der Waals surface area contributed by atoms with Crippen molar-refractivity contribution in [3.8, 4) is 52.2 Å². The minimum atomic E-state index is -2.01. The lowest BCUT2D eigenvalue weighted by atomic mass is 9.83. The second kappa shape index (κ2) is 25.8. The smallest absolute Gasteiger partial charge is 0.407 e. The van der Waals surface area contributed by atoms with Crippen LogP contribution in [0.4, 0.5) is 41.2 Å². The lowest BCUT2D eigenvalue weighted by Gasteiger charge is -2.21. The molecule has 0 aliphatic carbocycles. The Kier molecular flexibility index (Phi) is 17.7. The number of benzene rings is 3. The van der Waals surface area contributed by atoms with Crippen LogP contribution in [0.2, 0.25) is 0 Å². The molecule has 37 heteroatoms. The predicted octanol–water partition coefficient (Wildman–Crippen LogP) is 3.55. The average Bonchev–Trinajstić information content (AvgIpc) is 1.61. The van der Waals surface area contributed by atoms with Crippen molar-refractivity contribution in [1.29, 1.82) is 0 Å². The fourth-order valence-corrected chi connectivity index (χ4v) is 10.3. The van der Waals surface area contributed by atoms with Crippen LogP contribution in [-0.2, 0) is 64.7 Å². The quantitative estimate of drug-likeness (QED) is 0.0135. The summed E-state index contributed by atoms with van der Waals surface area (Å²) in [5.74, 6) is 0.950. The molecule has 12 rings (SSSR count). The number of aromatic nitrogens is 12. The summed E-state index contributed by atoms with van der Waals surface area (Å²) in [6, 6.07) is 23.3. The summed E-state index contributed by atoms with van der Waals surface area (Å²) in [6.07, 6.45) is -0.879. The van der Waals surface area contributed by atoms with E-state index in [0.29, 0.717) is 28.5 Å². The van der Waals surface area contributed by atoms with E-state index < -0.39 is 74.8 Å². The van der Waals surface area contributed by atoms with Gasteiger partial charge in [-0.2, -0.15) is 15.3 Å². The highest BCUT2D eigenvalue weighted by atomic mass is 19.1. The van der Waals surface area contributed by atoms with Gasteiger partial charge in [-0.25, -0.2) is 57.8 Å². The topological polar surface area (TPSA) is 471 Å². The number of amides is 6. The molecule has 0 fully saturated rings. The van der Waals surface area contributed by atoms with Gasteiger partial charge in [0.15, 0.2) is 28.4 Å². The zero-order chi connectivity index (χ0) is 68.4. The van der Waals surface area contributed by atoms with Crippen molar-refractivity contribution in [2.45, 2.75) is 56.8 Å². The van der Waals surface area contributed by atoms with E-state index in [4.69, 9.17) is 31.3 Å². The fraction of sp³-hybridized carbons (Fsp3) is 0.224. The van der Waals surface area contributed by atoms with Gasteiger partial charge in [-0.05, 0) is 49.6 Å². The lowest BCUT2D eigenvalue weighted by molar-refractivity contribution is -0.134. The van der Waals surface area contributed by atoms with Gasteiger partial charge in [0, 0.05) is 39.8 Å². The van der Waals surface area contributed by atoms with E-state index in [-0.39, 0.29) is 106 Å². The van der Waals surface area contributed by atoms with Crippen LogP contribution < -0.4 is 63.6 Å². The highest BCUT2D eigenvalue weighted by Gasteiger charge is 2.53. The number of nitrogens with two attached hydrogens (primary N) is 2. The lowest BCUT2D eigenvalue weighted by Crippen LogP contribution is -2.50. The van der Waals surface area contributed by atoms with Crippen molar-refractivity contribution in [2.75, 3.05) is 50.1 Å². The second-order valence-electron chi connectivity index (χ2n) is 21.2. The fourth-order valence-electron chi connectivity index (χ4n) is 10.3. The number of ether oxygens (including phenoxy) is 4. The summed E-state index contributed by atoms with van der Waals surface area (Å²) in [6.45, 7) is 4.18. The van der Waals surface area contributed by atoms with E-state index in [2.05, 4.69) is 81.2 Å². The Labute approximate surface area is 531 Å². The Bertz CT molecular complexity index is 4810. The van der Waals surface area contributed by atoms with Crippen molar-refractivity contribution in [2.24, 2.45) is 11.0 Å². The molecule has 9 heterocycles. The number of fused-ring (bicyclic) bond motifs is 3. The first-order chi connectivity index (χ1) is 45.3. The summed E-state index contributed by atoms with van der Waals surface area (Å²) < 4.78 is 66.9. The number of nitrogens with zero attached hydrogens (tertiary/aromatic N) is 13. The maximum absolute atomic E-state index is 14.0. The van der Waals surface area contributed by atoms with E-state index in [1.807, 2.05) is 5.43 Å². The first kappa shape index (κ1) is 65.2. The molecule has 488 valence electrons. The van der Waals surface area contributed by atoms with E-state index in [1.165, 1.54) is 86.5 Å². The molecule has 3 unspecified atom stereocenters.